The highest BCUT2D eigenvalue weighted by Crippen LogP contribution is 2.23. The number of carboxylic acid groups (broad SMARTS) is 1. The van der Waals surface area contributed by atoms with E-state index >= 15 is 0 Å². The molecule has 0 aliphatic heterocycles. The molecule has 0 saturated carbocycles. The van der Waals surface area contributed by atoms with Gasteiger partial charge in [-0.25, -0.2) is 9.59 Å². The fourth-order valence-electron chi connectivity index (χ4n) is 1.93. The zero-order valence-electron chi connectivity index (χ0n) is 11.3. The highest BCUT2D eigenvalue weighted by Gasteiger charge is 2.12. The van der Waals surface area contributed by atoms with Gasteiger partial charge in [0.2, 0.25) is 0 Å². The first-order chi connectivity index (χ1) is 10.6. The minimum Gasteiger partial charge on any atom is -0.477 e. The Hall–Kier alpha value is -3.28. The summed E-state index contributed by atoms with van der Waals surface area (Å²) >= 11 is 0. The fraction of sp³-hybridized carbons (Fsp3) is 0. The Bertz CT molecular complexity index is 930. The van der Waals surface area contributed by atoms with Gasteiger partial charge in [-0.1, -0.05) is 18.2 Å². The molecule has 0 spiro atoms. The SMILES string of the molecule is O=C(O)c1cc2cc(N=Nc3ccccc3)ccc2oc1=O. The zero-order chi connectivity index (χ0) is 15.5. The van der Waals surface area contributed by atoms with Crippen LogP contribution >= 0.6 is 0 Å². The quantitative estimate of drug-likeness (QED) is 0.585. The lowest BCUT2D eigenvalue weighted by atomic mass is 10.1. The van der Waals surface area contributed by atoms with Crippen LogP contribution in [0.5, 0.6) is 0 Å². The average Bonchev–Trinajstić information content (AvgIpc) is 2.53. The maximum absolute atomic E-state index is 11.5. The molecule has 0 fully saturated rings. The summed E-state index contributed by atoms with van der Waals surface area (Å²) in [5.41, 5.74) is 0.243. The first-order valence-electron chi connectivity index (χ1n) is 6.41. The molecule has 2 aromatic carbocycles. The fourth-order valence-corrected chi connectivity index (χ4v) is 1.93. The molecule has 22 heavy (non-hydrogen) atoms. The largest absolute Gasteiger partial charge is 0.477 e. The van der Waals surface area contributed by atoms with E-state index in [1.165, 1.54) is 6.07 Å². The number of aromatic carboxylic acids is 1. The molecule has 0 aliphatic carbocycles. The molecule has 1 N–H and O–H groups in total. The van der Waals surface area contributed by atoms with Crippen molar-refractivity contribution in [2.75, 3.05) is 0 Å². The molecule has 0 saturated heterocycles. The van der Waals surface area contributed by atoms with Crippen LogP contribution in [0.1, 0.15) is 10.4 Å². The van der Waals surface area contributed by atoms with Crippen LogP contribution in [-0.4, -0.2) is 11.1 Å². The van der Waals surface area contributed by atoms with Crippen molar-refractivity contribution in [2.45, 2.75) is 0 Å². The summed E-state index contributed by atoms with van der Waals surface area (Å²) in [4.78, 5) is 22.4. The van der Waals surface area contributed by atoms with Gasteiger partial charge in [-0.15, -0.1) is 0 Å². The minimum absolute atomic E-state index is 0.300. The Morgan fingerprint density at radius 1 is 0.955 bits per heavy atom. The third-order valence-electron chi connectivity index (χ3n) is 2.98. The first-order valence-corrected chi connectivity index (χ1v) is 6.41. The number of nitrogens with zero attached hydrogens (tertiary/aromatic N) is 2. The van der Waals surface area contributed by atoms with Crippen molar-refractivity contribution in [1.29, 1.82) is 0 Å². The number of fused-ring (bicyclic) bond motifs is 1. The molecule has 0 aliphatic rings. The molecule has 3 aromatic rings. The molecular formula is C16H10N2O4. The maximum Gasteiger partial charge on any atom is 0.351 e. The zero-order valence-corrected chi connectivity index (χ0v) is 11.3. The second-order valence-corrected chi connectivity index (χ2v) is 4.51. The Kier molecular flexibility index (Phi) is 3.49. The number of benzene rings is 2. The predicted octanol–water partition coefficient (Wildman–Crippen LogP) is 3.91. The summed E-state index contributed by atoms with van der Waals surface area (Å²) < 4.78 is 4.96. The number of rotatable bonds is 3. The van der Waals surface area contributed by atoms with Crippen molar-refractivity contribution >= 4 is 28.3 Å². The van der Waals surface area contributed by atoms with Crippen molar-refractivity contribution in [1.82, 2.24) is 0 Å². The average molecular weight is 294 g/mol. The summed E-state index contributed by atoms with van der Waals surface area (Å²) in [5, 5.41) is 17.6. The van der Waals surface area contributed by atoms with Gasteiger partial charge < -0.3 is 9.52 Å². The molecule has 1 heterocycles. The van der Waals surface area contributed by atoms with Gasteiger partial charge in [0.1, 0.15) is 11.1 Å². The van der Waals surface area contributed by atoms with E-state index in [0.29, 0.717) is 22.3 Å². The Labute approximate surface area is 124 Å². The van der Waals surface area contributed by atoms with Crippen LogP contribution < -0.4 is 5.63 Å². The second kappa shape index (κ2) is 5.61. The lowest BCUT2D eigenvalue weighted by Crippen LogP contribution is -2.12. The summed E-state index contributed by atoms with van der Waals surface area (Å²) in [6.07, 6.45) is 0. The monoisotopic (exact) mass is 294 g/mol. The molecule has 108 valence electrons. The van der Waals surface area contributed by atoms with Gasteiger partial charge in [0.25, 0.3) is 0 Å². The number of hydrogen-bond acceptors (Lipinski definition) is 5. The molecule has 0 radical (unpaired) electrons. The number of hydrogen-bond donors (Lipinski definition) is 1. The van der Waals surface area contributed by atoms with Gasteiger partial charge >= 0.3 is 11.6 Å². The van der Waals surface area contributed by atoms with E-state index in [1.807, 2.05) is 30.3 Å². The van der Waals surface area contributed by atoms with Crippen molar-refractivity contribution in [3.8, 4) is 0 Å². The van der Waals surface area contributed by atoms with Crippen LogP contribution in [0.3, 0.4) is 0 Å². The highest BCUT2D eigenvalue weighted by molar-refractivity contribution is 5.92. The third-order valence-corrected chi connectivity index (χ3v) is 2.98. The van der Waals surface area contributed by atoms with Crippen LogP contribution in [0.2, 0.25) is 0 Å². The standard InChI is InChI=1S/C16H10N2O4/c19-15(20)13-9-10-8-12(6-7-14(10)22-16(13)21)18-17-11-4-2-1-3-5-11/h1-9H,(H,19,20). The third kappa shape index (κ3) is 2.76. The summed E-state index contributed by atoms with van der Waals surface area (Å²) in [7, 11) is 0. The lowest BCUT2D eigenvalue weighted by Gasteiger charge is -1.99. The van der Waals surface area contributed by atoms with Crippen LogP contribution in [0.15, 0.2) is 74.0 Å². The van der Waals surface area contributed by atoms with Crippen LogP contribution in [0.4, 0.5) is 11.4 Å². The normalized spacial score (nSPS) is 11.1. The molecule has 6 nitrogen and oxygen atoms in total. The Morgan fingerprint density at radius 2 is 1.68 bits per heavy atom. The van der Waals surface area contributed by atoms with Crippen molar-refractivity contribution in [2.24, 2.45) is 10.2 Å². The van der Waals surface area contributed by atoms with E-state index in [0.717, 1.165) is 0 Å². The molecule has 0 unspecified atom stereocenters. The number of carbonyl (C=O) groups is 1. The van der Waals surface area contributed by atoms with Gasteiger partial charge in [0, 0.05) is 5.39 Å². The molecule has 6 heteroatoms. The van der Waals surface area contributed by atoms with E-state index in [4.69, 9.17) is 9.52 Å². The lowest BCUT2D eigenvalue weighted by molar-refractivity contribution is 0.0692. The molecule has 0 atom stereocenters. The van der Waals surface area contributed by atoms with Crippen LogP contribution in [0.25, 0.3) is 11.0 Å². The van der Waals surface area contributed by atoms with E-state index in [2.05, 4.69) is 10.2 Å². The predicted molar refractivity (Wildman–Crippen MR) is 80.1 cm³/mol. The molecule has 0 bridgehead atoms. The van der Waals surface area contributed by atoms with Gasteiger partial charge in [-0.3, -0.25) is 0 Å². The van der Waals surface area contributed by atoms with E-state index < -0.39 is 17.2 Å². The second-order valence-electron chi connectivity index (χ2n) is 4.51. The topological polar surface area (TPSA) is 92.2 Å². The Balaban J connectivity index is 2.02. The van der Waals surface area contributed by atoms with Crippen molar-refractivity contribution < 1.29 is 14.3 Å². The number of carboxylic acids is 1. The first kappa shape index (κ1) is 13.7. The maximum atomic E-state index is 11.5. The minimum atomic E-state index is -1.33. The molecular weight excluding hydrogens is 284 g/mol. The summed E-state index contributed by atoms with van der Waals surface area (Å²) in [5.74, 6) is -1.33. The van der Waals surface area contributed by atoms with Crippen LogP contribution in [0, 0.1) is 0 Å². The van der Waals surface area contributed by atoms with Crippen molar-refractivity contribution in [3.63, 3.8) is 0 Å². The van der Waals surface area contributed by atoms with E-state index in [-0.39, 0.29) is 0 Å². The highest BCUT2D eigenvalue weighted by atomic mass is 16.4. The molecule has 3 rings (SSSR count). The van der Waals surface area contributed by atoms with E-state index in [1.54, 1.807) is 18.2 Å². The Morgan fingerprint density at radius 3 is 2.41 bits per heavy atom. The van der Waals surface area contributed by atoms with Gasteiger partial charge in [0.05, 0.1) is 11.4 Å². The molecule has 0 amide bonds. The number of azo groups is 1. The van der Waals surface area contributed by atoms with E-state index in [9.17, 15) is 9.59 Å². The smallest absolute Gasteiger partial charge is 0.351 e. The van der Waals surface area contributed by atoms with Gasteiger partial charge in [-0.2, -0.15) is 10.2 Å². The van der Waals surface area contributed by atoms with Gasteiger partial charge in [-0.05, 0) is 36.4 Å². The summed E-state index contributed by atoms with van der Waals surface area (Å²) in [6, 6.07) is 15.3. The summed E-state index contributed by atoms with van der Waals surface area (Å²) in [6.45, 7) is 0. The molecule has 1 aromatic heterocycles. The van der Waals surface area contributed by atoms with Crippen LogP contribution in [-0.2, 0) is 0 Å². The van der Waals surface area contributed by atoms with Crippen molar-refractivity contribution in [3.05, 3.63) is 70.6 Å². The van der Waals surface area contributed by atoms with Gasteiger partial charge in [0.15, 0.2) is 0 Å².